The van der Waals surface area contributed by atoms with E-state index in [0.717, 1.165) is 52.4 Å². The van der Waals surface area contributed by atoms with E-state index in [9.17, 15) is 9.59 Å². The third kappa shape index (κ3) is 2.82. The van der Waals surface area contributed by atoms with Gasteiger partial charge in [0.05, 0.1) is 16.6 Å². The molecule has 5 rings (SSSR count). The lowest BCUT2D eigenvalue weighted by Gasteiger charge is -2.13. The second kappa shape index (κ2) is 7.11. The molecule has 0 fully saturated rings. The number of fused-ring (bicyclic) bond motifs is 5. The number of aryl methyl sites for hydroxylation is 1. The molecular weight excluding hydrogens is 374 g/mol. The molecule has 0 radical (unpaired) electrons. The summed E-state index contributed by atoms with van der Waals surface area (Å²) in [4.78, 5) is 27.8. The van der Waals surface area contributed by atoms with Crippen molar-refractivity contribution < 1.29 is 9.59 Å². The van der Waals surface area contributed by atoms with E-state index in [1.807, 2.05) is 48.5 Å². The largest absolute Gasteiger partial charge is 0.340 e. The second-order valence-electron chi connectivity index (χ2n) is 8.04. The zero-order chi connectivity index (χ0) is 20.8. The van der Waals surface area contributed by atoms with Crippen molar-refractivity contribution in [1.29, 1.82) is 0 Å². The highest BCUT2D eigenvalue weighted by molar-refractivity contribution is 6.32. The topological polar surface area (TPSA) is 54.3 Å². The van der Waals surface area contributed by atoms with Gasteiger partial charge in [0.1, 0.15) is 0 Å². The van der Waals surface area contributed by atoms with Gasteiger partial charge in [-0.1, -0.05) is 48.5 Å². The van der Waals surface area contributed by atoms with Crippen LogP contribution in [-0.2, 0) is 6.54 Å². The number of imide groups is 1. The van der Waals surface area contributed by atoms with Gasteiger partial charge in [-0.3, -0.25) is 14.9 Å². The monoisotopic (exact) mass is 397 g/mol. The molecule has 0 aliphatic carbocycles. The molecule has 0 unspecified atom stereocenters. The minimum atomic E-state index is -0.319. The Balaban J connectivity index is 1.86. The van der Waals surface area contributed by atoms with Crippen LogP contribution in [0.2, 0.25) is 0 Å². The molecule has 1 aliphatic rings. The van der Waals surface area contributed by atoms with Crippen LogP contribution < -0.4 is 5.32 Å². The highest BCUT2D eigenvalue weighted by Gasteiger charge is 2.34. The summed E-state index contributed by atoms with van der Waals surface area (Å²) in [5.74, 6) is -0.630. The summed E-state index contributed by atoms with van der Waals surface area (Å²) in [6.45, 7) is 1.81. The predicted molar refractivity (Wildman–Crippen MR) is 120 cm³/mol. The van der Waals surface area contributed by atoms with Gasteiger partial charge in [-0.25, -0.2) is 0 Å². The van der Waals surface area contributed by atoms with Crippen LogP contribution in [-0.4, -0.2) is 41.9 Å². The molecule has 3 aromatic carbocycles. The van der Waals surface area contributed by atoms with E-state index < -0.39 is 0 Å². The number of amides is 2. The Morgan fingerprint density at radius 3 is 2.33 bits per heavy atom. The second-order valence-corrected chi connectivity index (χ2v) is 8.04. The minimum Gasteiger partial charge on any atom is -0.340 e. The molecule has 2 heterocycles. The van der Waals surface area contributed by atoms with Crippen molar-refractivity contribution in [2.75, 3.05) is 20.6 Å². The molecule has 1 N–H and O–H groups in total. The number of rotatable bonds is 5. The maximum Gasteiger partial charge on any atom is 0.259 e. The first kappa shape index (κ1) is 18.6. The van der Waals surface area contributed by atoms with Crippen LogP contribution in [0.15, 0.2) is 60.7 Å². The highest BCUT2D eigenvalue weighted by atomic mass is 16.2. The Labute approximate surface area is 174 Å². The average Bonchev–Trinajstić information content (AvgIpc) is 3.22. The van der Waals surface area contributed by atoms with Crippen LogP contribution in [0.4, 0.5) is 0 Å². The van der Waals surface area contributed by atoms with Crippen molar-refractivity contribution in [3.63, 3.8) is 0 Å². The van der Waals surface area contributed by atoms with Gasteiger partial charge >= 0.3 is 0 Å². The van der Waals surface area contributed by atoms with Crippen molar-refractivity contribution in [2.24, 2.45) is 0 Å². The van der Waals surface area contributed by atoms with Gasteiger partial charge < -0.3 is 9.47 Å². The molecule has 5 nitrogen and oxygen atoms in total. The van der Waals surface area contributed by atoms with E-state index in [1.165, 1.54) is 0 Å². The van der Waals surface area contributed by atoms with Gasteiger partial charge in [-0.2, -0.15) is 0 Å². The summed E-state index contributed by atoms with van der Waals surface area (Å²) in [5, 5.41) is 4.40. The van der Waals surface area contributed by atoms with Gasteiger partial charge in [-0.15, -0.1) is 0 Å². The summed E-state index contributed by atoms with van der Waals surface area (Å²) in [6.07, 6.45) is 0.990. The summed E-state index contributed by atoms with van der Waals surface area (Å²) < 4.78 is 2.29. The SMILES string of the molecule is CN(C)CCCn1c2ccccc2c2c3c(c(-c4ccccc4)cc21)C(=O)NC3=O. The molecule has 0 saturated carbocycles. The number of carbonyl (C=O) groups is 2. The molecule has 0 saturated heterocycles. The number of benzene rings is 3. The molecular formula is C25H23N3O2. The molecule has 1 aromatic heterocycles. The van der Waals surface area contributed by atoms with Crippen LogP contribution in [0, 0.1) is 0 Å². The zero-order valence-electron chi connectivity index (χ0n) is 17.1. The molecule has 150 valence electrons. The van der Waals surface area contributed by atoms with Gasteiger partial charge in [0.25, 0.3) is 11.8 Å². The lowest BCUT2D eigenvalue weighted by molar-refractivity contribution is 0.0880. The highest BCUT2D eigenvalue weighted by Crippen LogP contribution is 2.40. The van der Waals surface area contributed by atoms with Crippen molar-refractivity contribution in [2.45, 2.75) is 13.0 Å². The summed E-state index contributed by atoms with van der Waals surface area (Å²) in [7, 11) is 4.14. The van der Waals surface area contributed by atoms with E-state index in [1.54, 1.807) is 0 Å². The van der Waals surface area contributed by atoms with Crippen molar-refractivity contribution in [1.82, 2.24) is 14.8 Å². The fourth-order valence-corrected chi connectivity index (χ4v) is 4.53. The number of nitrogens with one attached hydrogen (secondary N) is 1. The normalized spacial score (nSPS) is 13.4. The Bertz CT molecular complexity index is 1300. The maximum absolute atomic E-state index is 12.9. The molecule has 0 atom stereocenters. The smallest absolute Gasteiger partial charge is 0.259 e. The van der Waals surface area contributed by atoms with Crippen LogP contribution in [0.5, 0.6) is 0 Å². The molecule has 2 amide bonds. The average molecular weight is 397 g/mol. The van der Waals surface area contributed by atoms with Crippen LogP contribution in [0.1, 0.15) is 27.1 Å². The van der Waals surface area contributed by atoms with Gasteiger partial charge in [0.15, 0.2) is 0 Å². The fourth-order valence-electron chi connectivity index (χ4n) is 4.53. The van der Waals surface area contributed by atoms with Crippen molar-refractivity contribution in [3.8, 4) is 11.1 Å². The van der Waals surface area contributed by atoms with Gasteiger partial charge in [0, 0.05) is 22.8 Å². The zero-order valence-corrected chi connectivity index (χ0v) is 17.1. The number of carbonyl (C=O) groups excluding carboxylic acids is 2. The standard InChI is InChI=1S/C25H23N3O2/c1-27(2)13-8-14-28-19-12-7-6-11-17(19)21-20(28)15-18(16-9-4-3-5-10-16)22-23(21)25(30)26-24(22)29/h3-7,9-12,15H,8,13-14H2,1-2H3,(H,26,29,30). The van der Waals surface area contributed by atoms with Crippen molar-refractivity contribution in [3.05, 3.63) is 71.8 Å². The third-order valence-corrected chi connectivity index (χ3v) is 5.81. The van der Waals surface area contributed by atoms with E-state index in [-0.39, 0.29) is 11.8 Å². The van der Waals surface area contributed by atoms with Gasteiger partial charge in [0.2, 0.25) is 0 Å². The van der Waals surface area contributed by atoms with Gasteiger partial charge in [-0.05, 0) is 50.3 Å². The Hall–Kier alpha value is -3.44. The first-order valence-corrected chi connectivity index (χ1v) is 10.2. The molecule has 0 bridgehead atoms. The lowest BCUT2D eigenvalue weighted by Crippen LogP contribution is -2.20. The Morgan fingerprint density at radius 2 is 1.57 bits per heavy atom. The van der Waals surface area contributed by atoms with Crippen molar-refractivity contribution >= 4 is 33.6 Å². The third-order valence-electron chi connectivity index (χ3n) is 5.81. The first-order valence-electron chi connectivity index (χ1n) is 10.2. The number of hydrogen-bond acceptors (Lipinski definition) is 3. The maximum atomic E-state index is 12.9. The van der Waals surface area contributed by atoms with Crippen LogP contribution >= 0.6 is 0 Å². The quantitative estimate of drug-likeness (QED) is 0.511. The van der Waals surface area contributed by atoms with Crippen LogP contribution in [0.25, 0.3) is 32.9 Å². The van der Waals surface area contributed by atoms with E-state index in [4.69, 9.17) is 0 Å². The molecule has 1 aliphatic heterocycles. The predicted octanol–water partition coefficient (Wildman–Crippen LogP) is 4.30. The molecule has 30 heavy (non-hydrogen) atoms. The summed E-state index contributed by atoms with van der Waals surface area (Å²) >= 11 is 0. The Morgan fingerprint density at radius 1 is 0.867 bits per heavy atom. The summed E-state index contributed by atoms with van der Waals surface area (Å²) in [5.41, 5.74) is 4.81. The minimum absolute atomic E-state index is 0.311. The lowest BCUT2D eigenvalue weighted by atomic mass is 9.93. The van der Waals surface area contributed by atoms with E-state index >= 15 is 0 Å². The number of para-hydroxylation sites is 1. The Kier molecular flexibility index (Phi) is 4.40. The molecule has 0 spiro atoms. The number of aromatic nitrogens is 1. The summed E-state index contributed by atoms with van der Waals surface area (Å²) in [6, 6.07) is 20.0. The van der Waals surface area contributed by atoms with E-state index in [2.05, 4.69) is 41.0 Å². The van der Waals surface area contributed by atoms with Crippen LogP contribution in [0.3, 0.4) is 0 Å². The molecule has 5 heteroatoms. The van der Waals surface area contributed by atoms with E-state index in [0.29, 0.717) is 11.1 Å². The fraction of sp³-hybridized carbons (Fsp3) is 0.200. The number of hydrogen-bond donors (Lipinski definition) is 1. The first-order chi connectivity index (χ1) is 14.6. The molecule has 4 aromatic rings. The number of nitrogens with zero attached hydrogens (tertiary/aromatic N) is 2.